The molecule has 2 atom stereocenters. The first-order chi connectivity index (χ1) is 11.5. The third-order valence-corrected chi connectivity index (χ3v) is 6.44. The molecule has 24 heavy (non-hydrogen) atoms. The number of rotatable bonds is 4. The second kappa shape index (κ2) is 6.26. The van der Waals surface area contributed by atoms with Gasteiger partial charge in [0, 0.05) is 31.0 Å². The Morgan fingerprint density at radius 2 is 2.21 bits per heavy atom. The molecule has 0 bridgehead atoms. The van der Waals surface area contributed by atoms with E-state index in [9.17, 15) is 14.0 Å². The lowest BCUT2D eigenvalue weighted by molar-refractivity contribution is -0.124. The van der Waals surface area contributed by atoms with Crippen LogP contribution in [-0.4, -0.2) is 34.9 Å². The number of carbonyl (C=O) groups is 2. The lowest BCUT2D eigenvalue weighted by Gasteiger charge is -2.36. The third-order valence-electron chi connectivity index (χ3n) is 5.33. The molecule has 0 amide bonds. The van der Waals surface area contributed by atoms with Crippen LogP contribution in [0.3, 0.4) is 0 Å². The molecule has 2 unspecified atom stereocenters. The lowest BCUT2D eigenvalue weighted by Crippen LogP contribution is -2.46. The van der Waals surface area contributed by atoms with Gasteiger partial charge in [-0.05, 0) is 48.2 Å². The van der Waals surface area contributed by atoms with E-state index < -0.39 is 6.04 Å². The van der Waals surface area contributed by atoms with Gasteiger partial charge in [-0.2, -0.15) is 0 Å². The third kappa shape index (κ3) is 3.04. The van der Waals surface area contributed by atoms with Crippen LogP contribution in [0.5, 0.6) is 0 Å². The number of allylic oxidation sites excluding steroid dienone is 2. The number of Topliss-reactive ketones (excluding diaryl/α,β-unsaturated/α-hetero) is 1. The second-order valence-corrected chi connectivity index (χ2v) is 8.52. The summed E-state index contributed by atoms with van der Waals surface area (Å²) in [6.45, 7) is 3.40. The summed E-state index contributed by atoms with van der Waals surface area (Å²) < 4.78 is 14.5. The van der Waals surface area contributed by atoms with Gasteiger partial charge in [0.2, 0.25) is 0 Å². The van der Waals surface area contributed by atoms with Gasteiger partial charge in [0.25, 0.3) is 0 Å². The van der Waals surface area contributed by atoms with E-state index in [0.29, 0.717) is 25.0 Å². The van der Waals surface area contributed by atoms with E-state index in [1.54, 1.807) is 6.08 Å². The van der Waals surface area contributed by atoms with Crippen molar-refractivity contribution < 1.29 is 14.0 Å². The Kier molecular flexibility index (Phi) is 4.25. The summed E-state index contributed by atoms with van der Waals surface area (Å²) in [4.78, 5) is 27.9. The first-order valence-electron chi connectivity index (χ1n) is 8.80. The van der Waals surface area contributed by atoms with Gasteiger partial charge in [0.1, 0.15) is 5.83 Å². The monoisotopic (exact) mass is 347 g/mol. The fourth-order valence-corrected chi connectivity index (χ4v) is 4.88. The van der Waals surface area contributed by atoms with E-state index >= 15 is 0 Å². The van der Waals surface area contributed by atoms with Gasteiger partial charge < -0.3 is 0 Å². The smallest absolute Gasteiger partial charge is 0.197 e. The highest BCUT2D eigenvalue weighted by atomic mass is 32.2. The van der Waals surface area contributed by atoms with Crippen LogP contribution in [0.4, 0.5) is 4.39 Å². The molecule has 2 aliphatic carbocycles. The molecule has 1 fully saturated rings. The van der Waals surface area contributed by atoms with Crippen molar-refractivity contribution in [2.75, 3.05) is 13.1 Å². The van der Waals surface area contributed by atoms with Crippen molar-refractivity contribution in [3.05, 3.63) is 34.0 Å². The average molecular weight is 347 g/mol. The number of halogens is 1. The Morgan fingerprint density at radius 1 is 1.42 bits per heavy atom. The van der Waals surface area contributed by atoms with Gasteiger partial charge in [0.15, 0.2) is 10.9 Å². The minimum Gasteiger partial charge on any atom is -0.297 e. The van der Waals surface area contributed by atoms with Gasteiger partial charge in [-0.3, -0.25) is 14.5 Å². The molecular weight excluding hydrogens is 325 g/mol. The molecule has 0 spiro atoms. The summed E-state index contributed by atoms with van der Waals surface area (Å²) in [6, 6.07) is -0.480. The largest absolute Gasteiger partial charge is 0.297 e. The summed E-state index contributed by atoms with van der Waals surface area (Å²) in [7, 11) is 0. The predicted molar refractivity (Wildman–Crippen MR) is 93.0 cm³/mol. The van der Waals surface area contributed by atoms with Crippen LogP contribution in [0.2, 0.25) is 0 Å². The Balaban J connectivity index is 1.63. The molecule has 0 radical (unpaired) electrons. The van der Waals surface area contributed by atoms with E-state index in [2.05, 4.69) is 11.8 Å². The minimum absolute atomic E-state index is 0.0934. The van der Waals surface area contributed by atoms with Crippen molar-refractivity contribution >= 4 is 22.7 Å². The molecule has 3 nitrogen and oxygen atoms in total. The molecule has 0 aromatic heterocycles. The lowest BCUT2D eigenvalue weighted by atomic mass is 9.88. The van der Waals surface area contributed by atoms with Crippen LogP contribution in [0.25, 0.3) is 0 Å². The Hall–Kier alpha value is -1.20. The van der Waals surface area contributed by atoms with Crippen molar-refractivity contribution in [1.29, 1.82) is 0 Å². The SMILES string of the molecule is CC1C=C(C(C(=O)C2CC2)N2CCC3=C(CC(=O)S3)C2)C(F)=CC1. The fourth-order valence-electron chi connectivity index (χ4n) is 3.88. The van der Waals surface area contributed by atoms with Crippen LogP contribution >= 0.6 is 11.8 Å². The maximum absolute atomic E-state index is 14.5. The molecular formula is C19H22FNO2S. The van der Waals surface area contributed by atoms with E-state index in [1.165, 1.54) is 16.7 Å². The number of hydrogen-bond donors (Lipinski definition) is 0. The van der Waals surface area contributed by atoms with Crippen molar-refractivity contribution in [1.82, 2.24) is 4.90 Å². The fraction of sp³-hybridized carbons (Fsp3) is 0.579. The summed E-state index contributed by atoms with van der Waals surface area (Å²) >= 11 is 1.36. The molecule has 2 aliphatic heterocycles. The number of ketones is 1. The first kappa shape index (κ1) is 16.3. The second-order valence-electron chi connectivity index (χ2n) is 7.36. The summed E-state index contributed by atoms with van der Waals surface area (Å²) in [5.74, 6) is 0.289. The Bertz CT molecular complexity index is 689. The quantitative estimate of drug-likeness (QED) is 0.776. The summed E-state index contributed by atoms with van der Waals surface area (Å²) in [6.07, 6.45) is 7.40. The minimum atomic E-state index is -0.480. The number of carbonyl (C=O) groups excluding carboxylic acids is 2. The highest BCUT2D eigenvalue weighted by Crippen LogP contribution is 2.42. The van der Waals surface area contributed by atoms with Crippen molar-refractivity contribution in [3.63, 3.8) is 0 Å². The molecule has 1 saturated carbocycles. The van der Waals surface area contributed by atoms with Crippen molar-refractivity contribution in [3.8, 4) is 0 Å². The zero-order valence-corrected chi connectivity index (χ0v) is 14.7. The van der Waals surface area contributed by atoms with Crippen LogP contribution in [0, 0.1) is 11.8 Å². The van der Waals surface area contributed by atoms with Crippen LogP contribution in [0.1, 0.15) is 39.0 Å². The molecule has 4 rings (SSSR count). The maximum atomic E-state index is 14.5. The molecule has 0 aromatic rings. The summed E-state index contributed by atoms with van der Waals surface area (Å²) in [5, 5.41) is 0.198. The van der Waals surface area contributed by atoms with Gasteiger partial charge in [-0.1, -0.05) is 24.8 Å². The van der Waals surface area contributed by atoms with E-state index in [4.69, 9.17) is 0 Å². The van der Waals surface area contributed by atoms with Crippen LogP contribution in [-0.2, 0) is 9.59 Å². The molecule has 128 valence electrons. The topological polar surface area (TPSA) is 37.4 Å². The molecule has 2 heterocycles. The Labute approximate surface area is 146 Å². The molecule has 0 saturated heterocycles. The molecule has 5 heteroatoms. The van der Waals surface area contributed by atoms with Crippen LogP contribution in [0.15, 0.2) is 34.0 Å². The zero-order chi connectivity index (χ0) is 16.8. The van der Waals surface area contributed by atoms with Crippen molar-refractivity contribution in [2.45, 2.75) is 45.1 Å². The summed E-state index contributed by atoms with van der Waals surface area (Å²) in [5.41, 5.74) is 1.70. The number of nitrogens with zero attached hydrogens (tertiary/aromatic N) is 1. The highest BCUT2D eigenvalue weighted by Gasteiger charge is 2.42. The Morgan fingerprint density at radius 3 is 2.96 bits per heavy atom. The predicted octanol–water partition coefficient (Wildman–Crippen LogP) is 3.78. The van der Waals surface area contributed by atoms with Crippen molar-refractivity contribution in [2.24, 2.45) is 11.8 Å². The van der Waals surface area contributed by atoms with Crippen LogP contribution < -0.4 is 0 Å². The average Bonchev–Trinajstić information content (AvgIpc) is 3.32. The first-order valence-corrected chi connectivity index (χ1v) is 9.61. The standard InChI is InChI=1S/C19H22FNO2S/c1-11-2-5-15(20)14(8-11)18(19(23)12-3-4-12)21-7-6-16-13(10-21)9-17(22)24-16/h5,8,11-12,18H,2-4,6-7,9-10H2,1H3. The number of hydrogen-bond acceptors (Lipinski definition) is 4. The van der Waals surface area contributed by atoms with E-state index in [-0.39, 0.29) is 28.6 Å². The van der Waals surface area contributed by atoms with Gasteiger partial charge >= 0.3 is 0 Å². The molecule has 4 aliphatic rings. The number of thioether (sulfide) groups is 1. The molecule has 0 aromatic carbocycles. The van der Waals surface area contributed by atoms with Gasteiger partial charge in [-0.25, -0.2) is 4.39 Å². The van der Waals surface area contributed by atoms with E-state index in [1.807, 2.05) is 6.08 Å². The maximum Gasteiger partial charge on any atom is 0.197 e. The van der Waals surface area contributed by atoms with Gasteiger partial charge in [0.05, 0.1) is 6.04 Å². The highest BCUT2D eigenvalue weighted by molar-refractivity contribution is 8.17. The normalized spacial score (nSPS) is 29.2. The molecule has 0 N–H and O–H groups in total. The van der Waals surface area contributed by atoms with Gasteiger partial charge in [-0.15, -0.1) is 0 Å². The van der Waals surface area contributed by atoms with E-state index in [0.717, 1.165) is 31.4 Å². The zero-order valence-electron chi connectivity index (χ0n) is 13.9.